The molecule has 44 heavy (non-hydrogen) atoms. The Kier molecular flexibility index (Phi) is 8.50. The summed E-state index contributed by atoms with van der Waals surface area (Å²) in [6, 6.07) is 39.7. The number of rotatable bonds is 10. The minimum Gasteiger partial charge on any atom is -0.482 e. The first-order valence-electron chi connectivity index (χ1n) is 14.5. The Bertz CT molecular complexity index is 1740. The lowest BCUT2D eigenvalue weighted by atomic mass is 9.98. The highest BCUT2D eigenvalue weighted by atomic mass is 16.5. The maximum atomic E-state index is 14.1. The molecule has 1 aliphatic heterocycles. The number of hydrogen-bond acceptors (Lipinski definition) is 5. The number of aromatic nitrogens is 1. The number of ether oxygens (including phenoxy) is 1. The first kappa shape index (κ1) is 28.5. The fourth-order valence-electron chi connectivity index (χ4n) is 5.43. The van der Waals surface area contributed by atoms with Crippen molar-refractivity contribution >= 4 is 11.8 Å². The fraction of sp³-hybridized carbons (Fsp3) is 0.139. The predicted molar refractivity (Wildman–Crippen MR) is 169 cm³/mol. The molecule has 220 valence electrons. The molecule has 0 spiro atoms. The largest absolute Gasteiger partial charge is 0.482 e. The summed E-state index contributed by atoms with van der Waals surface area (Å²) in [5.74, 6) is -0.582. The highest BCUT2D eigenvalue weighted by Crippen LogP contribution is 2.32. The van der Waals surface area contributed by atoms with Crippen LogP contribution in [0.5, 0.6) is 5.75 Å². The average Bonchev–Trinajstić information content (AvgIpc) is 3.08. The van der Waals surface area contributed by atoms with Crippen molar-refractivity contribution < 1.29 is 14.3 Å². The highest BCUT2D eigenvalue weighted by Gasteiger charge is 2.37. The minimum atomic E-state index is -0.379. The van der Waals surface area contributed by atoms with Crippen molar-refractivity contribution in [3.8, 4) is 5.75 Å². The van der Waals surface area contributed by atoms with Crippen LogP contribution in [0.1, 0.15) is 43.6 Å². The van der Waals surface area contributed by atoms with E-state index in [0.29, 0.717) is 5.56 Å². The number of benzene rings is 4. The Hall–Kier alpha value is -5.63. The standard InChI is InChI=1S/C36H32N4O4/c41-31-21-23-39-33(34(31)44-25-27-13-5-1-6-14-27)36(43)38(24-22-37-35(42)30-19-11-4-12-20-30)26-40(39)32(28-15-7-2-8-16-28)29-17-9-3-10-18-29/h1-21,23,32H,22,24-26H2,(H,37,42). The molecule has 8 nitrogen and oxygen atoms in total. The second-order valence-corrected chi connectivity index (χ2v) is 10.5. The molecule has 5 aromatic rings. The van der Waals surface area contributed by atoms with Crippen LogP contribution in [0.4, 0.5) is 0 Å². The molecule has 0 saturated carbocycles. The SMILES string of the molecule is O=C(NCCN1CN(C(c2ccccc2)c2ccccc2)n2ccc(=O)c(OCc3ccccc3)c2C1=O)c1ccccc1. The molecular weight excluding hydrogens is 552 g/mol. The van der Waals surface area contributed by atoms with Crippen molar-refractivity contribution in [3.05, 3.63) is 172 Å². The molecule has 0 bridgehead atoms. The van der Waals surface area contributed by atoms with E-state index in [9.17, 15) is 14.4 Å². The van der Waals surface area contributed by atoms with Gasteiger partial charge in [-0.25, -0.2) is 0 Å². The summed E-state index contributed by atoms with van der Waals surface area (Å²) in [6.45, 7) is 0.800. The Labute approximate surface area is 255 Å². The van der Waals surface area contributed by atoms with E-state index in [4.69, 9.17) is 4.74 Å². The van der Waals surface area contributed by atoms with Gasteiger partial charge in [-0.3, -0.25) is 24.1 Å². The molecular formula is C36H32N4O4. The average molecular weight is 585 g/mol. The van der Waals surface area contributed by atoms with Crippen LogP contribution < -0.4 is 20.5 Å². The van der Waals surface area contributed by atoms with Crippen molar-refractivity contribution in [2.24, 2.45) is 0 Å². The van der Waals surface area contributed by atoms with Crippen molar-refractivity contribution in [1.82, 2.24) is 14.9 Å². The first-order valence-corrected chi connectivity index (χ1v) is 14.5. The third-order valence-corrected chi connectivity index (χ3v) is 7.58. The van der Waals surface area contributed by atoms with Crippen LogP contribution in [0.15, 0.2) is 138 Å². The number of hydrogen-bond donors (Lipinski definition) is 1. The summed E-state index contributed by atoms with van der Waals surface area (Å²) < 4.78 is 7.85. The Morgan fingerprint density at radius 2 is 1.32 bits per heavy atom. The summed E-state index contributed by atoms with van der Waals surface area (Å²) in [5, 5.41) is 4.97. The Balaban J connectivity index is 1.38. The normalized spacial score (nSPS) is 12.6. The van der Waals surface area contributed by atoms with Crippen LogP contribution in [-0.2, 0) is 6.61 Å². The molecule has 2 amide bonds. The molecule has 8 heteroatoms. The van der Waals surface area contributed by atoms with Crippen molar-refractivity contribution in [1.29, 1.82) is 0 Å². The zero-order chi connectivity index (χ0) is 30.3. The lowest BCUT2D eigenvalue weighted by molar-refractivity contribution is 0.0672. The van der Waals surface area contributed by atoms with Gasteiger partial charge in [0.2, 0.25) is 5.43 Å². The molecule has 1 aliphatic rings. The van der Waals surface area contributed by atoms with Gasteiger partial charge in [-0.1, -0.05) is 109 Å². The summed E-state index contributed by atoms with van der Waals surface area (Å²) in [6.07, 6.45) is 1.64. The van der Waals surface area contributed by atoms with Gasteiger partial charge in [0.1, 0.15) is 13.3 Å². The van der Waals surface area contributed by atoms with Gasteiger partial charge >= 0.3 is 0 Å². The van der Waals surface area contributed by atoms with E-state index in [1.165, 1.54) is 6.07 Å². The van der Waals surface area contributed by atoms with Crippen LogP contribution in [0.3, 0.4) is 0 Å². The van der Waals surface area contributed by atoms with Gasteiger partial charge in [0.25, 0.3) is 11.8 Å². The lowest BCUT2D eigenvalue weighted by Crippen LogP contribution is -2.56. The summed E-state index contributed by atoms with van der Waals surface area (Å²) in [7, 11) is 0. The van der Waals surface area contributed by atoms with E-state index >= 15 is 0 Å². The molecule has 0 aliphatic carbocycles. The maximum Gasteiger partial charge on any atom is 0.277 e. The van der Waals surface area contributed by atoms with Crippen LogP contribution in [0.25, 0.3) is 0 Å². The first-order chi connectivity index (χ1) is 21.6. The van der Waals surface area contributed by atoms with E-state index in [0.717, 1.165) is 16.7 Å². The maximum absolute atomic E-state index is 14.1. The molecule has 2 heterocycles. The van der Waals surface area contributed by atoms with Gasteiger partial charge in [-0.15, -0.1) is 0 Å². The minimum absolute atomic E-state index is 0.00996. The number of nitrogens with one attached hydrogen (secondary N) is 1. The monoisotopic (exact) mass is 584 g/mol. The molecule has 1 N–H and O–H groups in total. The van der Waals surface area contributed by atoms with Crippen molar-refractivity contribution in [3.63, 3.8) is 0 Å². The number of fused-ring (bicyclic) bond motifs is 1. The molecule has 0 unspecified atom stereocenters. The van der Waals surface area contributed by atoms with Gasteiger partial charge in [0.05, 0.1) is 6.04 Å². The molecule has 6 rings (SSSR count). The van der Waals surface area contributed by atoms with Crippen molar-refractivity contribution in [2.75, 3.05) is 24.8 Å². The number of nitrogens with zero attached hydrogens (tertiary/aromatic N) is 3. The topological polar surface area (TPSA) is 83.9 Å². The second-order valence-electron chi connectivity index (χ2n) is 10.5. The van der Waals surface area contributed by atoms with E-state index in [2.05, 4.69) is 10.3 Å². The predicted octanol–water partition coefficient (Wildman–Crippen LogP) is 5.00. The van der Waals surface area contributed by atoms with Gasteiger partial charge in [-0.2, -0.15) is 0 Å². The van der Waals surface area contributed by atoms with Gasteiger partial charge < -0.3 is 15.0 Å². The molecule has 0 atom stereocenters. The summed E-state index contributed by atoms with van der Waals surface area (Å²) in [4.78, 5) is 41.8. The van der Waals surface area contributed by atoms with Crippen LogP contribution in [0, 0.1) is 0 Å². The zero-order valence-electron chi connectivity index (χ0n) is 24.1. The third kappa shape index (κ3) is 6.10. The fourth-order valence-corrected chi connectivity index (χ4v) is 5.43. The van der Waals surface area contributed by atoms with Crippen LogP contribution in [0.2, 0.25) is 0 Å². The smallest absolute Gasteiger partial charge is 0.277 e. The van der Waals surface area contributed by atoms with E-state index in [-0.39, 0.29) is 61.1 Å². The van der Waals surface area contributed by atoms with E-state index in [1.807, 2.05) is 97.1 Å². The lowest BCUT2D eigenvalue weighted by Gasteiger charge is -2.44. The zero-order valence-corrected chi connectivity index (χ0v) is 24.1. The number of carbonyl (C=O) groups is 2. The molecule has 0 saturated heterocycles. The quantitative estimate of drug-likeness (QED) is 0.250. The van der Waals surface area contributed by atoms with Gasteiger partial charge in [0, 0.05) is 30.9 Å². The van der Waals surface area contributed by atoms with Crippen molar-refractivity contribution in [2.45, 2.75) is 12.6 Å². The molecule has 0 fully saturated rings. The third-order valence-electron chi connectivity index (χ3n) is 7.58. The van der Waals surface area contributed by atoms with E-state index in [1.54, 1.807) is 40.0 Å². The Morgan fingerprint density at radius 3 is 1.93 bits per heavy atom. The Morgan fingerprint density at radius 1 is 0.750 bits per heavy atom. The summed E-state index contributed by atoms with van der Waals surface area (Å²) >= 11 is 0. The number of amides is 2. The highest BCUT2D eigenvalue weighted by molar-refractivity contribution is 5.96. The second kappa shape index (κ2) is 13.1. The van der Waals surface area contributed by atoms with Gasteiger partial charge in [0.15, 0.2) is 11.4 Å². The van der Waals surface area contributed by atoms with E-state index < -0.39 is 0 Å². The molecule has 1 aromatic heterocycles. The number of carbonyl (C=O) groups excluding carboxylic acids is 2. The summed E-state index contributed by atoms with van der Waals surface area (Å²) in [5.41, 5.74) is 3.22. The van der Waals surface area contributed by atoms with Gasteiger partial charge in [-0.05, 0) is 28.8 Å². The van der Waals surface area contributed by atoms with Crippen LogP contribution >= 0.6 is 0 Å². The van der Waals surface area contributed by atoms with Crippen LogP contribution in [-0.4, -0.2) is 41.1 Å². The molecule has 0 radical (unpaired) electrons. The number of pyridine rings is 1. The molecule has 4 aromatic carbocycles.